The number of unbranched alkanes of at least 4 members (excludes halogenated alkanes) is 2. The molecule has 0 saturated carbocycles. The van der Waals surface area contributed by atoms with Crippen molar-refractivity contribution in [1.29, 1.82) is 0 Å². The highest BCUT2D eigenvalue weighted by atomic mass is 32.1. The molecule has 0 unspecified atom stereocenters. The Morgan fingerprint density at radius 3 is 1.38 bits per heavy atom. The molecule has 0 radical (unpaired) electrons. The first-order chi connectivity index (χ1) is 4.81. The van der Waals surface area contributed by atoms with Gasteiger partial charge in [0.2, 0.25) is 0 Å². The topological polar surface area (TPSA) is 3.24 Å². The van der Waals surface area contributed by atoms with Gasteiger partial charge in [0, 0.05) is 13.1 Å². The second-order valence-electron chi connectivity index (χ2n) is 2.66. The van der Waals surface area contributed by atoms with Crippen LogP contribution >= 0.6 is 12.8 Å². The average molecular weight is 221 g/mol. The molecule has 0 bridgehead atoms. The standard InChI is InChI=1S/C8H19NS.3FH/c1-3-5-7-9(10)8-6-4-2;;;/h10H,3-8H2,1-2H3;3*1H. The minimum absolute atomic E-state index is 0. The van der Waals surface area contributed by atoms with E-state index in [1.54, 1.807) is 0 Å². The summed E-state index contributed by atoms with van der Waals surface area (Å²) >= 11 is 4.33. The summed E-state index contributed by atoms with van der Waals surface area (Å²) in [7, 11) is 0. The van der Waals surface area contributed by atoms with E-state index < -0.39 is 0 Å². The van der Waals surface area contributed by atoms with E-state index in [9.17, 15) is 0 Å². The normalized spacial score (nSPS) is 8.31. The Bertz CT molecular complexity index is 68.4. The molecule has 0 N–H and O–H groups in total. The summed E-state index contributed by atoms with van der Waals surface area (Å²) in [5.41, 5.74) is 0. The minimum Gasteiger partial charge on any atom is -0.269 e. The van der Waals surface area contributed by atoms with Crippen molar-refractivity contribution in [3.8, 4) is 0 Å². The lowest BCUT2D eigenvalue weighted by atomic mass is 10.3. The molecule has 1 nitrogen and oxygen atoms in total. The predicted octanol–water partition coefficient (Wildman–Crippen LogP) is 3.19. The Morgan fingerprint density at radius 1 is 0.846 bits per heavy atom. The van der Waals surface area contributed by atoms with Gasteiger partial charge in [0.05, 0.1) is 0 Å². The second-order valence-corrected chi connectivity index (χ2v) is 3.23. The van der Waals surface area contributed by atoms with Gasteiger partial charge in [-0.1, -0.05) is 39.5 Å². The molecule has 0 aliphatic carbocycles. The summed E-state index contributed by atoms with van der Waals surface area (Å²) in [5, 5.41) is 0. The van der Waals surface area contributed by atoms with Crippen LogP contribution < -0.4 is 0 Å². The molecule has 13 heavy (non-hydrogen) atoms. The largest absolute Gasteiger partial charge is 0.269 e. The Kier molecular flexibility index (Phi) is 32.1. The van der Waals surface area contributed by atoms with E-state index in [4.69, 9.17) is 0 Å². The lowest BCUT2D eigenvalue weighted by Gasteiger charge is -2.13. The zero-order valence-corrected chi connectivity index (χ0v) is 9.26. The van der Waals surface area contributed by atoms with Crippen molar-refractivity contribution in [1.82, 2.24) is 4.31 Å². The van der Waals surface area contributed by atoms with Gasteiger partial charge >= 0.3 is 0 Å². The fraction of sp³-hybridized carbons (Fsp3) is 1.00. The van der Waals surface area contributed by atoms with Gasteiger partial charge in [0.25, 0.3) is 0 Å². The molecular weight excluding hydrogens is 199 g/mol. The molecule has 0 amide bonds. The highest BCUT2D eigenvalue weighted by Crippen LogP contribution is 2.00. The summed E-state index contributed by atoms with van der Waals surface area (Å²) < 4.78 is 2.12. The number of rotatable bonds is 6. The molecule has 0 aromatic heterocycles. The van der Waals surface area contributed by atoms with E-state index in [0.29, 0.717) is 0 Å². The molecule has 0 atom stereocenters. The van der Waals surface area contributed by atoms with Gasteiger partial charge in [-0.15, -0.1) is 0 Å². The smallest absolute Gasteiger partial charge is 0.00868 e. The number of nitrogens with zero attached hydrogens (tertiary/aromatic N) is 1. The van der Waals surface area contributed by atoms with Crippen molar-refractivity contribution in [2.45, 2.75) is 39.5 Å². The van der Waals surface area contributed by atoms with Gasteiger partial charge < -0.3 is 0 Å². The van der Waals surface area contributed by atoms with Crippen LogP contribution in [0, 0.1) is 0 Å². The third-order valence-electron chi connectivity index (χ3n) is 1.54. The third kappa shape index (κ3) is 18.8. The quantitative estimate of drug-likeness (QED) is 0.674. The SMILES string of the molecule is CCCCN(S)CCCC.F.F.F. The molecule has 0 aliphatic heterocycles. The van der Waals surface area contributed by atoms with E-state index >= 15 is 0 Å². The summed E-state index contributed by atoms with van der Waals surface area (Å²) in [6.07, 6.45) is 5.08. The average Bonchev–Trinajstić information content (AvgIpc) is 1.97. The van der Waals surface area contributed by atoms with Crippen molar-refractivity contribution < 1.29 is 14.1 Å². The van der Waals surface area contributed by atoms with E-state index in [-0.39, 0.29) is 14.1 Å². The molecule has 0 fully saturated rings. The van der Waals surface area contributed by atoms with Gasteiger partial charge in [0.15, 0.2) is 0 Å². The van der Waals surface area contributed by atoms with Crippen LogP contribution in [0.5, 0.6) is 0 Å². The zero-order chi connectivity index (χ0) is 7.82. The fourth-order valence-electron chi connectivity index (χ4n) is 0.793. The van der Waals surface area contributed by atoms with Gasteiger partial charge in [-0.25, -0.2) is 0 Å². The van der Waals surface area contributed by atoms with Crippen molar-refractivity contribution in [2.24, 2.45) is 0 Å². The van der Waals surface area contributed by atoms with E-state index in [0.717, 1.165) is 13.1 Å². The molecule has 0 aliphatic rings. The molecular formula is C8H22F3NS. The zero-order valence-electron chi connectivity index (χ0n) is 8.36. The first kappa shape index (κ1) is 23.2. The minimum atomic E-state index is 0. The maximum absolute atomic E-state index is 4.33. The van der Waals surface area contributed by atoms with Crippen LogP contribution in [-0.4, -0.2) is 17.4 Å². The predicted molar refractivity (Wildman–Crippen MR) is 57.9 cm³/mol. The van der Waals surface area contributed by atoms with Crippen LogP contribution in [0.15, 0.2) is 0 Å². The number of thiol groups is 1. The summed E-state index contributed by atoms with van der Waals surface area (Å²) in [4.78, 5) is 0. The van der Waals surface area contributed by atoms with Crippen LogP contribution in [0.3, 0.4) is 0 Å². The summed E-state index contributed by atoms with van der Waals surface area (Å²) in [5.74, 6) is 0. The van der Waals surface area contributed by atoms with Gasteiger partial charge in [0.1, 0.15) is 0 Å². The van der Waals surface area contributed by atoms with Gasteiger partial charge in [-0.05, 0) is 12.8 Å². The van der Waals surface area contributed by atoms with Crippen molar-refractivity contribution >= 4 is 12.8 Å². The molecule has 86 valence electrons. The fourth-order valence-corrected chi connectivity index (χ4v) is 1.08. The highest BCUT2D eigenvalue weighted by Gasteiger charge is 1.95. The molecule has 5 heteroatoms. The van der Waals surface area contributed by atoms with Crippen LogP contribution in [0.4, 0.5) is 14.1 Å². The Morgan fingerprint density at radius 2 is 1.15 bits per heavy atom. The van der Waals surface area contributed by atoms with Crippen molar-refractivity contribution in [3.05, 3.63) is 0 Å². The van der Waals surface area contributed by atoms with Gasteiger partial charge in [-0.2, -0.15) is 0 Å². The van der Waals surface area contributed by atoms with Crippen molar-refractivity contribution in [3.63, 3.8) is 0 Å². The number of halogens is 3. The maximum atomic E-state index is 4.33. The molecule has 0 spiro atoms. The maximum Gasteiger partial charge on any atom is 0.00868 e. The lowest BCUT2D eigenvalue weighted by molar-refractivity contribution is 0.449. The first-order valence-corrected chi connectivity index (χ1v) is 4.65. The van der Waals surface area contributed by atoms with E-state index in [2.05, 4.69) is 31.0 Å². The third-order valence-corrected chi connectivity index (χ3v) is 1.94. The van der Waals surface area contributed by atoms with E-state index in [1.807, 2.05) is 0 Å². The Labute approximate surface area is 84.5 Å². The monoisotopic (exact) mass is 221 g/mol. The Hall–Kier alpha value is 0.100. The summed E-state index contributed by atoms with van der Waals surface area (Å²) in [6.45, 7) is 6.70. The molecule has 0 rings (SSSR count). The van der Waals surface area contributed by atoms with Gasteiger partial charge in [-0.3, -0.25) is 18.4 Å². The van der Waals surface area contributed by atoms with Crippen molar-refractivity contribution in [2.75, 3.05) is 13.1 Å². The van der Waals surface area contributed by atoms with Crippen LogP contribution in [0.2, 0.25) is 0 Å². The van der Waals surface area contributed by atoms with Crippen LogP contribution in [0.25, 0.3) is 0 Å². The molecule has 0 heterocycles. The lowest BCUT2D eigenvalue weighted by Crippen LogP contribution is -2.14. The Balaban J connectivity index is -0.000000135. The molecule has 0 aromatic carbocycles. The molecule has 0 saturated heterocycles. The van der Waals surface area contributed by atoms with E-state index in [1.165, 1.54) is 25.7 Å². The molecule has 0 aromatic rings. The van der Waals surface area contributed by atoms with Crippen LogP contribution in [-0.2, 0) is 0 Å². The summed E-state index contributed by atoms with van der Waals surface area (Å²) in [6, 6.07) is 0. The highest BCUT2D eigenvalue weighted by molar-refractivity contribution is 7.77. The second kappa shape index (κ2) is 18.0. The number of hydrogen-bond acceptors (Lipinski definition) is 2. The first-order valence-electron chi connectivity index (χ1n) is 4.25. The number of hydrogen-bond donors (Lipinski definition) is 1. The van der Waals surface area contributed by atoms with Crippen LogP contribution in [0.1, 0.15) is 39.5 Å².